The first kappa shape index (κ1) is 17.4. The molecule has 1 aliphatic rings. The third kappa shape index (κ3) is 7.70. The first-order valence-electron chi connectivity index (χ1n) is 7.72. The van der Waals surface area contributed by atoms with Crippen LogP contribution in [0.3, 0.4) is 0 Å². The molecule has 1 fully saturated rings. The average Bonchev–Trinajstić information content (AvgIpc) is 2.42. The summed E-state index contributed by atoms with van der Waals surface area (Å²) in [6.45, 7) is 13.2. The van der Waals surface area contributed by atoms with Gasteiger partial charge in [-0.1, -0.05) is 33.6 Å². The molecule has 3 nitrogen and oxygen atoms in total. The quantitative estimate of drug-likeness (QED) is 0.729. The number of carbonyl (C=O) groups excluding carboxylic acids is 1. The zero-order valence-corrected chi connectivity index (χ0v) is 12.9. The van der Waals surface area contributed by atoms with E-state index in [0.29, 0.717) is 0 Å². The fourth-order valence-corrected chi connectivity index (χ4v) is 2.22. The molecule has 0 aromatic carbocycles. The van der Waals surface area contributed by atoms with Crippen molar-refractivity contribution in [2.24, 2.45) is 0 Å². The van der Waals surface area contributed by atoms with E-state index in [1.165, 1.54) is 32.4 Å². The minimum atomic E-state index is 0.227. The Morgan fingerprint density at radius 3 is 2.22 bits per heavy atom. The molecule has 1 rings (SSSR count). The maximum atomic E-state index is 11.4. The summed E-state index contributed by atoms with van der Waals surface area (Å²) in [6.07, 6.45) is 6.32. The second-order valence-electron chi connectivity index (χ2n) is 4.76. The van der Waals surface area contributed by atoms with Crippen LogP contribution in [0.4, 0.5) is 0 Å². The summed E-state index contributed by atoms with van der Waals surface area (Å²) in [5.41, 5.74) is 0. The van der Waals surface area contributed by atoms with Gasteiger partial charge < -0.3 is 9.80 Å². The summed E-state index contributed by atoms with van der Waals surface area (Å²) in [5.74, 6) is 0.227. The van der Waals surface area contributed by atoms with Gasteiger partial charge in [-0.3, -0.25) is 4.79 Å². The van der Waals surface area contributed by atoms with Crippen molar-refractivity contribution >= 4 is 5.91 Å². The fourth-order valence-electron chi connectivity index (χ4n) is 2.22. The molecule has 0 aromatic rings. The first-order chi connectivity index (χ1) is 8.74. The lowest BCUT2D eigenvalue weighted by atomic mass is 10.1. The molecule has 0 aromatic heterocycles. The molecule has 0 unspecified atom stereocenters. The zero-order chi connectivity index (χ0) is 13.8. The highest BCUT2D eigenvalue weighted by molar-refractivity contribution is 5.73. The standard InChI is InChI=1S/C13H26N2O.C2H6/c1-3-4-10-15(13(2)16)12-11-14-8-6-5-7-9-14;1-2/h3-12H2,1-2H3;1-2H3. The van der Waals surface area contributed by atoms with E-state index in [-0.39, 0.29) is 5.91 Å². The number of unbranched alkanes of at least 4 members (excludes halogenated alkanes) is 1. The van der Waals surface area contributed by atoms with E-state index in [1.54, 1.807) is 6.92 Å². The highest BCUT2D eigenvalue weighted by Gasteiger charge is 2.13. The highest BCUT2D eigenvalue weighted by atomic mass is 16.2. The summed E-state index contributed by atoms with van der Waals surface area (Å²) in [6, 6.07) is 0. The number of rotatable bonds is 6. The minimum Gasteiger partial charge on any atom is -0.342 e. The second kappa shape index (κ2) is 11.5. The SMILES string of the molecule is CC.CCCCN(CCN1CCCCC1)C(C)=O. The highest BCUT2D eigenvalue weighted by Crippen LogP contribution is 2.08. The molecule has 0 saturated carbocycles. The Hall–Kier alpha value is -0.570. The number of amides is 1. The van der Waals surface area contributed by atoms with E-state index in [0.717, 1.165) is 32.5 Å². The molecular formula is C15H32N2O. The maximum Gasteiger partial charge on any atom is 0.219 e. The molecule has 3 heteroatoms. The Balaban J connectivity index is 0.00000137. The van der Waals surface area contributed by atoms with E-state index >= 15 is 0 Å². The minimum absolute atomic E-state index is 0.227. The molecule has 0 bridgehead atoms. The van der Waals surface area contributed by atoms with E-state index in [2.05, 4.69) is 11.8 Å². The summed E-state index contributed by atoms with van der Waals surface area (Å²) in [5, 5.41) is 0. The topological polar surface area (TPSA) is 23.6 Å². The molecule has 0 radical (unpaired) electrons. The Morgan fingerprint density at radius 1 is 1.11 bits per heavy atom. The Kier molecular flexibility index (Phi) is 11.2. The van der Waals surface area contributed by atoms with Crippen LogP contribution in [0.1, 0.15) is 59.8 Å². The molecule has 108 valence electrons. The van der Waals surface area contributed by atoms with Crippen LogP contribution in [0.2, 0.25) is 0 Å². The van der Waals surface area contributed by atoms with E-state index in [9.17, 15) is 4.79 Å². The van der Waals surface area contributed by atoms with Crippen LogP contribution < -0.4 is 0 Å². The van der Waals surface area contributed by atoms with Crippen LogP contribution in [-0.4, -0.2) is 48.4 Å². The number of carbonyl (C=O) groups is 1. The lowest BCUT2D eigenvalue weighted by molar-refractivity contribution is -0.129. The van der Waals surface area contributed by atoms with E-state index < -0.39 is 0 Å². The van der Waals surface area contributed by atoms with Crippen LogP contribution in [0.5, 0.6) is 0 Å². The molecule has 1 saturated heterocycles. The monoisotopic (exact) mass is 256 g/mol. The van der Waals surface area contributed by atoms with Gasteiger partial charge in [0.25, 0.3) is 0 Å². The third-order valence-electron chi connectivity index (χ3n) is 3.36. The molecular weight excluding hydrogens is 224 g/mol. The maximum absolute atomic E-state index is 11.4. The molecule has 0 aliphatic carbocycles. The van der Waals surface area contributed by atoms with Crippen LogP contribution in [0.15, 0.2) is 0 Å². The molecule has 1 heterocycles. The van der Waals surface area contributed by atoms with Crippen molar-refractivity contribution < 1.29 is 4.79 Å². The Morgan fingerprint density at radius 2 is 1.72 bits per heavy atom. The van der Waals surface area contributed by atoms with Crippen LogP contribution in [-0.2, 0) is 4.79 Å². The van der Waals surface area contributed by atoms with Gasteiger partial charge in [0.1, 0.15) is 0 Å². The predicted octanol–water partition coefficient (Wildman–Crippen LogP) is 3.15. The summed E-state index contributed by atoms with van der Waals surface area (Å²) in [7, 11) is 0. The smallest absolute Gasteiger partial charge is 0.219 e. The van der Waals surface area contributed by atoms with Crippen molar-refractivity contribution in [3.05, 3.63) is 0 Å². The van der Waals surface area contributed by atoms with Crippen LogP contribution in [0.25, 0.3) is 0 Å². The largest absolute Gasteiger partial charge is 0.342 e. The molecule has 0 N–H and O–H groups in total. The molecule has 18 heavy (non-hydrogen) atoms. The van der Waals surface area contributed by atoms with Gasteiger partial charge in [-0.25, -0.2) is 0 Å². The third-order valence-corrected chi connectivity index (χ3v) is 3.36. The van der Waals surface area contributed by atoms with Crippen LogP contribution >= 0.6 is 0 Å². The van der Waals surface area contributed by atoms with Crippen molar-refractivity contribution in [3.63, 3.8) is 0 Å². The second-order valence-corrected chi connectivity index (χ2v) is 4.76. The number of hydrogen-bond donors (Lipinski definition) is 0. The number of nitrogens with zero attached hydrogens (tertiary/aromatic N) is 2. The normalized spacial score (nSPS) is 15.8. The van der Waals surface area contributed by atoms with Crippen LogP contribution in [0, 0.1) is 0 Å². The Labute approximate surface area is 114 Å². The van der Waals surface area contributed by atoms with Gasteiger partial charge in [0.15, 0.2) is 0 Å². The fraction of sp³-hybridized carbons (Fsp3) is 0.933. The summed E-state index contributed by atoms with van der Waals surface area (Å²) in [4.78, 5) is 15.9. The summed E-state index contributed by atoms with van der Waals surface area (Å²) >= 11 is 0. The average molecular weight is 256 g/mol. The van der Waals surface area contributed by atoms with Gasteiger partial charge in [0.2, 0.25) is 5.91 Å². The van der Waals surface area contributed by atoms with Crippen molar-refractivity contribution in [1.82, 2.24) is 9.80 Å². The van der Waals surface area contributed by atoms with Gasteiger partial charge in [-0.15, -0.1) is 0 Å². The zero-order valence-electron chi connectivity index (χ0n) is 12.9. The van der Waals surface area contributed by atoms with Gasteiger partial charge in [0.05, 0.1) is 0 Å². The van der Waals surface area contributed by atoms with Crippen molar-refractivity contribution in [3.8, 4) is 0 Å². The van der Waals surface area contributed by atoms with Crippen molar-refractivity contribution in [1.29, 1.82) is 0 Å². The van der Waals surface area contributed by atoms with Crippen molar-refractivity contribution in [2.75, 3.05) is 32.7 Å². The van der Waals surface area contributed by atoms with Gasteiger partial charge in [-0.2, -0.15) is 0 Å². The lowest BCUT2D eigenvalue weighted by Gasteiger charge is -2.29. The molecule has 0 atom stereocenters. The molecule has 0 spiro atoms. The predicted molar refractivity (Wildman–Crippen MR) is 78.8 cm³/mol. The Bertz CT molecular complexity index is 201. The van der Waals surface area contributed by atoms with Crippen molar-refractivity contribution in [2.45, 2.75) is 59.8 Å². The van der Waals surface area contributed by atoms with E-state index in [1.807, 2.05) is 18.7 Å². The molecule has 1 amide bonds. The molecule has 1 aliphatic heterocycles. The van der Waals surface area contributed by atoms with Gasteiger partial charge in [0, 0.05) is 26.6 Å². The van der Waals surface area contributed by atoms with Gasteiger partial charge in [-0.05, 0) is 32.4 Å². The first-order valence-corrected chi connectivity index (χ1v) is 7.72. The number of hydrogen-bond acceptors (Lipinski definition) is 2. The number of likely N-dealkylation sites (tertiary alicyclic amines) is 1. The number of piperidine rings is 1. The summed E-state index contributed by atoms with van der Waals surface area (Å²) < 4.78 is 0. The van der Waals surface area contributed by atoms with Gasteiger partial charge >= 0.3 is 0 Å². The van der Waals surface area contributed by atoms with E-state index in [4.69, 9.17) is 0 Å². The lowest BCUT2D eigenvalue weighted by Crippen LogP contribution is -2.40.